The average Bonchev–Trinajstić information content (AvgIpc) is 2.71. The molecule has 3 aromatic rings. The monoisotopic (exact) mass is 361 g/mol. The Kier molecular flexibility index (Phi) is 6.86. The molecule has 0 amide bonds. The number of unbranched alkanes of at least 4 members (excludes halogenated alkanes) is 2. The van der Waals surface area contributed by atoms with E-state index >= 15 is 0 Å². The summed E-state index contributed by atoms with van der Waals surface area (Å²) in [6, 6.07) is 24.0. The zero-order valence-corrected chi connectivity index (χ0v) is 15.9. The Bertz CT molecular complexity index is 855. The van der Waals surface area contributed by atoms with Gasteiger partial charge in [0.25, 0.3) is 0 Å². The van der Waals surface area contributed by atoms with Gasteiger partial charge in [-0.15, -0.1) is 0 Å². The van der Waals surface area contributed by atoms with Gasteiger partial charge in [0.05, 0.1) is 6.61 Å². The van der Waals surface area contributed by atoms with Crippen molar-refractivity contribution in [3.8, 4) is 0 Å². The molecule has 0 saturated carbocycles. The summed E-state index contributed by atoms with van der Waals surface area (Å²) in [5.74, 6) is -0.192. The molecule has 0 unspecified atom stereocenters. The Balaban J connectivity index is 1.79. The Morgan fingerprint density at radius 2 is 1.67 bits per heavy atom. The van der Waals surface area contributed by atoms with Crippen molar-refractivity contribution in [1.29, 1.82) is 0 Å². The molecule has 0 aliphatic rings. The number of esters is 1. The maximum atomic E-state index is 12.8. The predicted molar refractivity (Wildman–Crippen MR) is 112 cm³/mol. The van der Waals surface area contributed by atoms with Gasteiger partial charge in [-0.2, -0.15) is 0 Å². The fourth-order valence-electron chi connectivity index (χ4n) is 3.21. The van der Waals surface area contributed by atoms with E-state index in [-0.39, 0.29) is 5.97 Å². The molecule has 0 aliphatic heterocycles. The van der Waals surface area contributed by atoms with Crippen LogP contribution in [0.25, 0.3) is 10.8 Å². The first-order valence-electron chi connectivity index (χ1n) is 9.73. The lowest BCUT2D eigenvalue weighted by Crippen LogP contribution is -2.33. The SMILES string of the molecule is CCCCCOC(=O)[C@H](Cc1ccccc1)Nc1cccc2ccccc12. The maximum absolute atomic E-state index is 12.8. The van der Waals surface area contributed by atoms with Crippen LogP contribution in [0.3, 0.4) is 0 Å². The van der Waals surface area contributed by atoms with Gasteiger partial charge in [0.2, 0.25) is 0 Å². The minimum atomic E-state index is -0.417. The number of nitrogens with one attached hydrogen (secondary N) is 1. The Morgan fingerprint density at radius 1 is 0.926 bits per heavy atom. The number of benzene rings is 3. The Morgan fingerprint density at radius 3 is 2.48 bits per heavy atom. The van der Waals surface area contributed by atoms with E-state index in [1.807, 2.05) is 54.6 Å². The second kappa shape index (κ2) is 9.77. The fourth-order valence-corrected chi connectivity index (χ4v) is 3.21. The van der Waals surface area contributed by atoms with Crippen molar-refractivity contribution in [3.63, 3.8) is 0 Å². The van der Waals surface area contributed by atoms with Crippen LogP contribution in [0, 0.1) is 0 Å². The van der Waals surface area contributed by atoms with Crippen LogP contribution in [0.1, 0.15) is 31.7 Å². The second-order valence-corrected chi connectivity index (χ2v) is 6.79. The molecule has 3 rings (SSSR count). The van der Waals surface area contributed by atoms with Gasteiger partial charge in [-0.25, -0.2) is 4.79 Å². The van der Waals surface area contributed by atoms with Gasteiger partial charge in [0.1, 0.15) is 6.04 Å². The lowest BCUT2D eigenvalue weighted by Gasteiger charge is -2.20. The number of hydrogen-bond donors (Lipinski definition) is 1. The van der Waals surface area contributed by atoms with Crippen LogP contribution in [0.2, 0.25) is 0 Å². The minimum Gasteiger partial charge on any atom is -0.464 e. The Labute approximate surface area is 161 Å². The summed E-state index contributed by atoms with van der Waals surface area (Å²) >= 11 is 0. The number of fused-ring (bicyclic) bond motifs is 1. The molecule has 0 heterocycles. The molecule has 3 nitrogen and oxygen atoms in total. The highest BCUT2D eigenvalue weighted by Gasteiger charge is 2.21. The summed E-state index contributed by atoms with van der Waals surface area (Å²) in [6.45, 7) is 2.62. The molecule has 0 saturated heterocycles. The molecule has 27 heavy (non-hydrogen) atoms. The second-order valence-electron chi connectivity index (χ2n) is 6.79. The quantitative estimate of drug-likeness (QED) is 0.398. The topological polar surface area (TPSA) is 38.3 Å². The van der Waals surface area contributed by atoms with Gasteiger partial charge >= 0.3 is 5.97 Å². The first-order valence-corrected chi connectivity index (χ1v) is 9.73. The number of rotatable bonds is 9. The molecule has 0 spiro atoms. The van der Waals surface area contributed by atoms with Gasteiger partial charge in [0.15, 0.2) is 0 Å². The van der Waals surface area contributed by atoms with Gasteiger partial charge in [0, 0.05) is 17.5 Å². The van der Waals surface area contributed by atoms with E-state index in [1.165, 1.54) is 0 Å². The molecular formula is C24H27NO2. The first-order chi connectivity index (χ1) is 13.3. The van der Waals surface area contributed by atoms with Crippen LogP contribution in [-0.4, -0.2) is 18.6 Å². The molecule has 0 aliphatic carbocycles. The zero-order chi connectivity index (χ0) is 18.9. The summed E-state index contributed by atoms with van der Waals surface area (Å²) in [5, 5.41) is 5.70. The lowest BCUT2D eigenvalue weighted by atomic mass is 10.0. The van der Waals surface area contributed by atoms with E-state index in [4.69, 9.17) is 4.74 Å². The molecule has 0 aromatic heterocycles. The molecule has 0 fully saturated rings. The van der Waals surface area contributed by atoms with Crippen molar-refractivity contribution in [1.82, 2.24) is 0 Å². The number of ether oxygens (including phenoxy) is 1. The van der Waals surface area contributed by atoms with Crippen LogP contribution in [0.15, 0.2) is 72.8 Å². The molecule has 3 aromatic carbocycles. The normalized spacial score (nSPS) is 11.9. The van der Waals surface area contributed by atoms with Crippen LogP contribution in [-0.2, 0) is 16.0 Å². The van der Waals surface area contributed by atoms with Gasteiger partial charge < -0.3 is 10.1 Å². The molecular weight excluding hydrogens is 334 g/mol. The summed E-state index contributed by atoms with van der Waals surface area (Å²) in [5.41, 5.74) is 2.07. The molecule has 140 valence electrons. The third-order valence-corrected chi connectivity index (χ3v) is 4.68. The van der Waals surface area contributed by atoms with Crippen molar-refractivity contribution in [2.75, 3.05) is 11.9 Å². The van der Waals surface area contributed by atoms with Crippen molar-refractivity contribution >= 4 is 22.4 Å². The van der Waals surface area contributed by atoms with Crippen LogP contribution in [0.4, 0.5) is 5.69 Å². The summed E-state index contributed by atoms with van der Waals surface area (Å²) < 4.78 is 5.56. The first kappa shape index (κ1) is 19.0. The minimum absolute atomic E-state index is 0.192. The van der Waals surface area contributed by atoms with Gasteiger partial charge in [-0.1, -0.05) is 86.5 Å². The van der Waals surface area contributed by atoms with Crippen molar-refractivity contribution in [2.24, 2.45) is 0 Å². The van der Waals surface area contributed by atoms with E-state index in [0.717, 1.165) is 41.3 Å². The van der Waals surface area contributed by atoms with Crippen molar-refractivity contribution in [3.05, 3.63) is 78.4 Å². The number of carbonyl (C=O) groups excluding carboxylic acids is 1. The Hall–Kier alpha value is -2.81. The zero-order valence-electron chi connectivity index (χ0n) is 15.9. The summed E-state index contributed by atoms with van der Waals surface area (Å²) in [4.78, 5) is 12.8. The lowest BCUT2D eigenvalue weighted by molar-refractivity contribution is -0.144. The van der Waals surface area contributed by atoms with Gasteiger partial charge in [-0.05, 0) is 23.4 Å². The van der Waals surface area contributed by atoms with Gasteiger partial charge in [-0.3, -0.25) is 0 Å². The number of anilines is 1. The third-order valence-electron chi connectivity index (χ3n) is 4.68. The molecule has 1 N–H and O–H groups in total. The highest BCUT2D eigenvalue weighted by molar-refractivity contribution is 5.95. The highest BCUT2D eigenvalue weighted by atomic mass is 16.5. The van der Waals surface area contributed by atoms with Crippen molar-refractivity contribution < 1.29 is 9.53 Å². The number of carbonyl (C=O) groups is 1. The maximum Gasteiger partial charge on any atom is 0.328 e. The number of hydrogen-bond acceptors (Lipinski definition) is 3. The molecule has 0 radical (unpaired) electrons. The largest absolute Gasteiger partial charge is 0.464 e. The van der Waals surface area contributed by atoms with Crippen LogP contribution in [0.5, 0.6) is 0 Å². The van der Waals surface area contributed by atoms with E-state index in [0.29, 0.717) is 13.0 Å². The van der Waals surface area contributed by atoms with E-state index in [2.05, 4.69) is 30.4 Å². The predicted octanol–water partition coefficient (Wildman–Crippen LogP) is 5.60. The summed E-state index contributed by atoms with van der Waals surface area (Å²) in [6.07, 6.45) is 3.69. The summed E-state index contributed by atoms with van der Waals surface area (Å²) in [7, 11) is 0. The molecule has 1 atom stereocenters. The van der Waals surface area contributed by atoms with Crippen LogP contribution < -0.4 is 5.32 Å². The average molecular weight is 361 g/mol. The van der Waals surface area contributed by atoms with E-state index in [9.17, 15) is 4.79 Å². The molecule has 0 bridgehead atoms. The smallest absolute Gasteiger partial charge is 0.328 e. The van der Waals surface area contributed by atoms with Crippen LogP contribution >= 0.6 is 0 Å². The fraction of sp³-hybridized carbons (Fsp3) is 0.292. The van der Waals surface area contributed by atoms with Crippen molar-refractivity contribution in [2.45, 2.75) is 38.6 Å². The standard InChI is InChI=1S/C24H27NO2/c1-2-3-9-17-27-24(26)23(18-19-11-5-4-6-12-19)25-22-16-10-14-20-13-7-8-15-21(20)22/h4-8,10-16,23,25H,2-3,9,17-18H2,1H3/t23-/m0/s1. The molecule has 3 heteroatoms. The third kappa shape index (κ3) is 5.33. The van der Waals surface area contributed by atoms with E-state index < -0.39 is 6.04 Å². The highest BCUT2D eigenvalue weighted by Crippen LogP contribution is 2.24. The van der Waals surface area contributed by atoms with E-state index in [1.54, 1.807) is 0 Å².